The normalized spacial score (nSPS) is 10.5. The number of aromatic amines is 1. The molecular formula is C14H18N4O. The number of amides is 1. The van der Waals surface area contributed by atoms with Gasteiger partial charge in [-0.1, -0.05) is 6.07 Å². The molecule has 100 valence electrons. The van der Waals surface area contributed by atoms with Gasteiger partial charge in [-0.15, -0.1) is 0 Å². The van der Waals surface area contributed by atoms with E-state index in [4.69, 9.17) is 0 Å². The van der Waals surface area contributed by atoms with Crippen LogP contribution in [0.2, 0.25) is 0 Å². The maximum absolute atomic E-state index is 12.3. The SMILES string of the molecule is Cc1nc(CN(C)C(=O)c2ccc(C)c(C)c2)n[nH]1. The number of aryl methyl sites for hydroxylation is 3. The van der Waals surface area contributed by atoms with Gasteiger partial charge in [-0.2, -0.15) is 5.10 Å². The largest absolute Gasteiger partial charge is 0.334 e. The number of benzene rings is 1. The Hall–Kier alpha value is -2.17. The zero-order chi connectivity index (χ0) is 14.0. The lowest BCUT2D eigenvalue weighted by atomic mass is 10.1. The molecule has 0 aliphatic heterocycles. The third-order valence-corrected chi connectivity index (χ3v) is 3.12. The predicted molar refractivity (Wildman–Crippen MR) is 72.8 cm³/mol. The van der Waals surface area contributed by atoms with Crippen LogP contribution in [0.25, 0.3) is 0 Å². The monoisotopic (exact) mass is 258 g/mol. The van der Waals surface area contributed by atoms with Gasteiger partial charge in [-0.25, -0.2) is 4.98 Å². The number of hydrogen-bond donors (Lipinski definition) is 1. The van der Waals surface area contributed by atoms with E-state index in [9.17, 15) is 4.79 Å². The summed E-state index contributed by atoms with van der Waals surface area (Å²) in [5.74, 6) is 1.35. The van der Waals surface area contributed by atoms with Gasteiger partial charge in [-0.05, 0) is 44.0 Å². The number of hydrogen-bond acceptors (Lipinski definition) is 3. The molecule has 1 amide bonds. The Morgan fingerprint density at radius 2 is 2.00 bits per heavy atom. The molecule has 0 bridgehead atoms. The van der Waals surface area contributed by atoms with Gasteiger partial charge in [-0.3, -0.25) is 9.89 Å². The molecule has 1 heterocycles. The second-order valence-corrected chi connectivity index (χ2v) is 4.80. The van der Waals surface area contributed by atoms with Gasteiger partial charge in [0.15, 0.2) is 5.82 Å². The molecule has 0 atom stereocenters. The summed E-state index contributed by atoms with van der Waals surface area (Å²) >= 11 is 0. The van der Waals surface area contributed by atoms with Gasteiger partial charge >= 0.3 is 0 Å². The lowest BCUT2D eigenvalue weighted by molar-refractivity contribution is 0.0781. The van der Waals surface area contributed by atoms with Crippen molar-refractivity contribution < 1.29 is 4.79 Å². The molecule has 0 saturated heterocycles. The van der Waals surface area contributed by atoms with Gasteiger partial charge in [0.1, 0.15) is 5.82 Å². The maximum atomic E-state index is 12.3. The van der Waals surface area contributed by atoms with E-state index >= 15 is 0 Å². The molecule has 1 aromatic heterocycles. The quantitative estimate of drug-likeness (QED) is 0.916. The number of aromatic nitrogens is 3. The highest BCUT2D eigenvalue weighted by atomic mass is 16.2. The molecule has 19 heavy (non-hydrogen) atoms. The van der Waals surface area contributed by atoms with Crippen molar-refractivity contribution in [1.82, 2.24) is 20.1 Å². The van der Waals surface area contributed by atoms with Crippen molar-refractivity contribution in [1.29, 1.82) is 0 Å². The van der Waals surface area contributed by atoms with E-state index in [1.165, 1.54) is 5.56 Å². The second kappa shape index (κ2) is 5.22. The summed E-state index contributed by atoms with van der Waals surface area (Å²) < 4.78 is 0. The molecule has 0 aliphatic carbocycles. The standard InChI is InChI=1S/C14H18N4O/c1-9-5-6-12(7-10(9)2)14(19)18(4)8-13-15-11(3)16-17-13/h5-7H,8H2,1-4H3,(H,15,16,17). The average molecular weight is 258 g/mol. The van der Waals surface area contributed by atoms with E-state index in [0.29, 0.717) is 17.9 Å². The highest BCUT2D eigenvalue weighted by Gasteiger charge is 2.14. The molecule has 0 spiro atoms. The number of rotatable bonds is 3. The minimum atomic E-state index is -0.0226. The fourth-order valence-electron chi connectivity index (χ4n) is 1.84. The molecule has 5 heteroatoms. The lowest BCUT2D eigenvalue weighted by Gasteiger charge is -2.16. The Morgan fingerprint density at radius 1 is 1.26 bits per heavy atom. The number of nitrogens with one attached hydrogen (secondary N) is 1. The highest BCUT2D eigenvalue weighted by molar-refractivity contribution is 5.94. The molecule has 0 aliphatic rings. The van der Waals surface area contributed by atoms with Gasteiger partial charge in [0.25, 0.3) is 5.91 Å². The molecule has 2 rings (SSSR count). The third-order valence-electron chi connectivity index (χ3n) is 3.12. The molecule has 0 unspecified atom stereocenters. The first-order valence-electron chi connectivity index (χ1n) is 6.18. The van der Waals surface area contributed by atoms with E-state index in [1.807, 2.05) is 39.0 Å². The molecule has 0 radical (unpaired) electrons. The molecular weight excluding hydrogens is 240 g/mol. The minimum Gasteiger partial charge on any atom is -0.334 e. The van der Waals surface area contributed by atoms with Gasteiger partial charge in [0.05, 0.1) is 6.54 Å². The van der Waals surface area contributed by atoms with Gasteiger partial charge in [0, 0.05) is 12.6 Å². The first-order chi connectivity index (χ1) is 8.97. The zero-order valence-electron chi connectivity index (χ0n) is 11.7. The highest BCUT2D eigenvalue weighted by Crippen LogP contribution is 2.12. The fourth-order valence-corrected chi connectivity index (χ4v) is 1.84. The van der Waals surface area contributed by atoms with Crippen LogP contribution < -0.4 is 0 Å². The van der Waals surface area contributed by atoms with Crippen molar-refractivity contribution in [3.63, 3.8) is 0 Å². The summed E-state index contributed by atoms with van der Waals surface area (Å²) in [7, 11) is 1.75. The van der Waals surface area contributed by atoms with Crippen LogP contribution in [0.4, 0.5) is 0 Å². The third kappa shape index (κ3) is 2.99. The summed E-state index contributed by atoms with van der Waals surface area (Å²) in [5.41, 5.74) is 3.00. The van der Waals surface area contributed by atoms with Crippen molar-refractivity contribution >= 4 is 5.91 Å². The Labute approximate surface area is 112 Å². The van der Waals surface area contributed by atoms with E-state index in [-0.39, 0.29) is 5.91 Å². The summed E-state index contributed by atoms with van der Waals surface area (Å²) in [4.78, 5) is 18.1. The summed E-state index contributed by atoms with van der Waals surface area (Å²) in [6, 6.07) is 5.73. The van der Waals surface area contributed by atoms with Crippen LogP contribution in [-0.2, 0) is 6.54 Å². The topological polar surface area (TPSA) is 61.9 Å². The number of nitrogens with zero attached hydrogens (tertiary/aromatic N) is 3. The first kappa shape index (κ1) is 13.3. The fraction of sp³-hybridized carbons (Fsp3) is 0.357. The van der Waals surface area contributed by atoms with Crippen molar-refractivity contribution in [2.75, 3.05) is 7.05 Å². The van der Waals surface area contributed by atoms with Gasteiger partial charge < -0.3 is 4.90 Å². The maximum Gasteiger partial charge on any atom is 0.254 e. The molecule has 1 aromatic carbocycles. The predicted octanol–water partition coefficient (Wildman–Crippen LogP) is 2.00. The minimum absolute atomic E-state index is 0.0226. The van der Waals surface area contributed by atoms with Crippen molar-refractivity contribution in [3.05, 3.63) is 46.5 Å². The Morgan fingerprint density at radius 3 is 2.58 bits per heavy atom. The van der Waals surface area contributed by atoms with Crippen LogP contribution in [0.1, 0.15) is 33.1 Å². The second-order valence-electron chi connectivity index (χ2n) is 4.80. The Bertz CT molecular complexity index is 603. The number of H-pyrrole nitrogens is 1. The van der Waals surface area contributed by atoms with Crippen LogP contribution in [0.3, 0.4) is 0 Å². The first-order valence-corrected chi connectivity index (χ1v) is 6.18. The summed E-state index contributed by atoms with van der Waals surface area (Å²) in [5, 5.41) is 6.80. The van der Waals surface area contributed by atoms with Gasteiger partial charge in [0.2, 0.25) is 0 Å². The van der Waals surface area contributed by atoms with Crippen LogP contribution in [0.15, 0.2) is 18.2 Å². The zero-order valence-corrected chi connectivity index (χ0v) is 11.7. The van der Waals surface area contributed by atoms with Crippen LogP contribution >= 0.6 is 0 Å². The Kier molecular flexibility index (Phi) is 3.64. The van der Waals surface area contributed by atoms with Crippen LogP contribution in [-0.4, -0.2) is 33.0 Å². The Balaban J connectivity index is 2.12. The number of carbonyl (C=O) groups is 1. The van der Waals surface area contributed by atoms with E-state index in [2.05, 4.69) is 15.2 Å². The van der Waals surface area contributed by atoms with Crippen molar-refractivity contribution in [2.24, 2.45) is 0 Å². The van der Waals surface area contributed by atoms with Crippen molar-refractivity contribution in [2.45, 2.75) is 27.3 Å². The van der Waals surface area contributed by atoms with Crippen LogP contribution in [0, 0.1) is 20.8 Å². The van der Waals surface area contributed by atoms with E-state index in [1.54, 1.807) is 11.9 Å². The average Bonchev–Trinajstić information content (AvgIpc) is 2.77. The smallest absolute Gasteiger partial charge is 0.254 e. The molecule has 5 nitrogen and oxygen atoms in total. The molecule has 2 aromatic rings. The summed E-state index contributed by atoms with van der Waals surface area (Å²) in [6.45, 7) is 6.27. The van der Waals surface area contributed by atoms with Crippen LogP contribution in [0.5, 0.6) is 0 Å². The molecule has 0 saturated carbocycles. The van der Waals surface area contributed by atoms with E-state index < -0.39 is 0 Å². The summed E-state index contributed by atoms with van der Waals surface area (Å²) in [6.07, 6.45) is 0. The molecule has 1 N–H and O–H groups in total. The van der Waals surface area contributed by atoms with E-state index in [0.717, 1.165) is 11.4 Å². The van der Waals surface area contributed by atoms with Crippen molar-refractivity contribution in [3.8, 4) is 0 Å². The molecule has 0 fully saturated rings. The number of carbonyl (C=O) groups excluding carboxylic acids is 1. The lowest BCUT2D eigenvalue weighted by Crippen LogP contribution is -2.26.